The highest BCUT2D eigenvalue weighted by atomic mass is 35.5. The second kappa shape index (κ2) is 9.15. The molecule has 0 heterocycles. The zero-order chi connectivity index (χ0) is 20.9. The zero-order valence-electron chi connectivity index (χ0n) is 17.7. The van der Waals surface area contributed by atoms with Crippen molar-refractivity contribution in [3.8, 4) is 11.5 Å². The highest BCUT2D eigenvalue weighted by Crippen LogP contribution is 2.37. The number of hydrogen-bond donors (Lipinski definition) is 1. The van der Waals surface area contributed by atoms with Crippen LogP contribution in [0.2, 0.25) is 5.02 Å². The van der Waals surface area contributed by atoms with Gasteiger partial charge in [0, 0.05) is 12.1 Å². The van der Waals surface area contributed by atoms with Gasteiger partial charge in [0.1, 0.15) is 12.4 Å². The van der Waals surface area contributed by atoms with Crippen LogP contribution in [0.5, 0.6) is 11.5 Å². The summed E-state index contributed by atoms with van der Waals surface area (Å²) in [7, 11) is 1.59. The molecule has 0 aliphatic heterocycles. The summed E-state index contributed by atoms with van der Waals surface area (Å²) in [5, 5.41) is 4.09. The molecule has 0 unspecified atom stereocenters. The van der Waals surface area contributed by atoms with E-state index >= 15 is 0 Å². The van der Waals surface area contributed by atoms with E-state index in [0.29, 0.717) is 23.1 Å². The summed E-state index contributed by atoms with van der Waals surface area (Å²) in [6.45, 7) is 12.1. The second-order valence-electron chi connectivity index (χ2n) is 9.00. The van der Waals surface area contributed by atoms with Gasteiger partial charge >= 0.3 is 0 Å². The van der Waals surface area contributed by atoms with Gasteiger partial charge in [0.25, 0.3) is 0 Å². The number of ether oxygens (including phenoxy) is 2. The minimum absolute atomic E-state index is 0.00425. The lowest BCUT2D eigenvalue weighted by Gasteiger charge is -2.33. The Morgan fingerprint density at radius 2 is 1.64 bits per heavy atom. The summed E-state index contributed by atoms with van der Waals surface area (Å²) >= 11 is 6.47. The van der Waals surface area contributed by atoms with Crippen molar-refractivity contribution >= 4 is 11.6 Å². The van der Waals surface area contributed by atoms with Crippen LogP contribution in [0.3, 0.4) is 0 Å². The minimum atomic E-state index is -0.273. The molecule has 2 aromatic rings. The number of nitrogens with one attached hydrogen (secondary N) is 1. The third-order valence-corrected chi connectivity index (χ3v) is 4.61. The summed E-state index contributed by atoms with van der Waals surface area (Å²) in [6, 6.07) is 10.0. The number of hydrogen-bond acceptors (Lipinski definition) is 3. The molecule has 2 rings (SSSR count). The fourth-order valence-electron chi connectivity index (χ4n) is 3.48. The standard InChI is InChI=1S/C23H31ClFNO2/c1-22(2,3)15-23(4,5)26-13-17-11-19(24)21(20(12-17)27-6)28-14-16-7-9-18(25)10-8-16/h7-12,26H,13-15H2,1-6H3. The molecule has 0 bridgehead atoms. The van der Waals surface area contributed by atoms with E-state index in [-0.39, 0.29) is 23.4 Å². The van der Waals surface area contributed by atoms with Crippen LogP contribution < -0.4 is 14.8 Å². The Morgan fingerprint density at radius 1 is 1.00 bits per heavy atom. The highest BCUT2D eigenvalue weighted by Gasteiger charge is 2.25. The van der Waals surface area contributed by atoms with Crippen LogP contribution in [-0.2, 0) is 13.2 Å². The summed E-state index contributed by atoms with van der Waals surface area (Å²) in [6.07, 6.45) is 1.05. The van der Waals surface area contributed by atoms with E-state index in [2.05, 4.69) is 39.9 Å². The maximum atomic E-state index is 13.0. The van der Waals surface area contributed by atoms with E-state index in [9.17, 15) is 4.39 Å². The first-order chi connectivity index (χ1) is 13.0. The predicted octanol–water partition coefficient (Wildman–Crippen LogP) is 6.37. The number of benzene rings is 2. The SMILES string of the molecule is COc1cc(CNC(C)(C)CC(C)(C)C)cc(Cl)c1OCc1ccc(F)cc1. The van der Waals surface area contributed by atoms with E-state index in [1.165, 1.54) is 12.1 Å². The normalized spacial score (nSPS) is 12.1. The van der Waals surface area contributed by atoms with Crippen molar-refractivity contribution in [1.29, 1.82) is 0 Å². The summed E-state index contributed by atoms with van der Waals surface area (Å²) in [5.74, 6) is 0.803. The second-order valence-corrected chi connectivity index (χ2v) is 9.41. The van der Waals surface area contributed by atoms with Gasteiger partial charge in [-0.3, -0.25) is 0 Å². The van der Waals surface area contributed by atoms with Gasteiger partial charge in [-0.25, -0.2) is 4.39 Å². The van der Waals surface area contributed by atoms with Gasteiger partial charge in [0.05, 0.1) is 12.1 Å². The quantitative estimate of drug-likeness (QED) is 0.551. The molecule has 2 aromatic carbocycles. The molecule has 0 radical (unpaired) electrons. The molecule has 3 nitrogen and oxygen atoms in total. The molecular weight excluding hydrogens is 377 g/mol. The van der Waals surface area contributed by atoms with Crippen LogP contribution >= 0.6 is 11.6 Å². The van der Waals surface area contributed by atoms with Crippen LogP contribution in [0, 0.1) is 11.2 Å². The van der Waals surface area contributed by atoms with Gasteiger partial charge in [0.2, 0.25) is 0 Å². The Labute approximate surface area is 173 Å². The lowest BCUT2D eigenvalue weighted by molar-refractivity contribution is 0.240. The smallest absolute Gasteiger partial charge is 0.180 e. The van der Waals surface area contributed by atoms with Crippen molar-refractivity contribution in [3.63, 3.8) is 0 Å². The van der Waals surface area contributed by atoms with Crippen LogP contribution in [-0.4, -0.2) is 12.6 Å². The van der Waals surface area contributed by atoms with Crippen molar-refractivity contribution in [2.75, 3.05) is 7.11 Å². The molecule has 0 saturated heterocycles. The Bertz CT molecular complexity index is 782. The Kier molecular flexibility index (Phi) is 7.35. The molecule has 0 fully saturated rings. The molecule has 28 heavy (non-hydrogen) atoms. The lowest BCUT2D eigenvalue weighted by atomic mass is 9.82. The number of halogens is 2. The Morgan fingerprint density at radius 3 is 2.21 bits per heavy atom. The molecule has 5 heteroatoms. The van der Waals surface area contributed by atoms with Crippen LogP contribution in [0.1, 0.15) is 52.2 Å². The van der Waals surface area contributed by atoms with Crippen molar-refractivity contribution in [2.45, 2.75) is 59.7 Å². The van der Waals surface area contributed by atoms with Gasteiger partial charge in [0.15, 0.2) is 11.5 Å². The minimum Gasteiger partial charge on any atom is -0.493 e. The maximum Gasteiger partial charge on any atom is 0.180 e. The topological polar surface area (TPSA) is 30.5 Å². The monoisotopic (exact) mass is 407 g/mol. The molecule has 0 aromatic heterocycles. The fourth-order valence-corrected chi connectivity index (χ4v) is 3.77. The van der Waals surface area contributed by atoms with Gasteiger partial charge in [-0.1, -0.05) is 44.5 Å². The molecule has 154 valence electrons. The Hall–Kier alpha value is -1.78. The molecule has 0 aliphatic rings. The fraction of sp³-hybridized carbons (Fsp3) is 0.478. The van der Waals surface area contributed by atoms with Gasteiger partial charge in [-0.15, -0.1) is 0 Å². The van der Waals surface area contributed by atoms with Crippen molar-refractivity contribution in [3.05, 3.63) is 58.4 Å². The molecule has 1 N–H and O–H groups in total. The zero-order valence-corrected chi connectivity index (χ0v) is 18.4. The van der Waals surface area contributed by atoms with Crippen LogP contribution in [0.4, 0.5) is 4.39 Å². The van der Waals surface area contributed by atoms with Crippen LogP contribution in [0.15, 0.2) is 36.4 Å². The van der Waals surface area contributed by atoms with Crippen LogP contribution in [0.25, 0.3) is 0 Å². The molecule has 0 saturated carbocycles. The molecule has 0 aliphatic carbocycles. The van der Waals surface area contributed by atoms with Crippen molar-refractivity contribution < 1.29 is 13.9 Å². The first-order valence-corrected chi connectivity index (χ1v) is 9.85. The number of methoxy groups -OCH3 is 1. The van der Waals surface area contributed by atoms with E-state index in [4.69, 9.17) is 21.1 Å². The summed E-state index contributed by atoms with van der Waals surface area (Å²) in [4.78, 5) is 0. The van der Waals surface area contributed by atoms with Gasteiger partial charge < -0.3 is 14.8 Å². The van der Waals surface area contributed by atoms with Gasteiger partial charge in [-0.2, -0.15) is 0 Å². The van der Waals surface area contributed by atoms with E-state index in [1.807, 2.05) is 12.1 Å². The van der Waals surface area contributed by atoms with Crippen molar-refractivity contribution in [1.82, 2.24) is 5.32 Å². The molecule has 0 spiro atoms. The van der Waals surface area contributed by atoms with E-state index < -0.39 is 0 Å². The summed E-state index contributed by atoms with van der Waals surface area (Å²) in [5.41, 5.74) is 2.12. The van der Waals surface area contributed by atoms with Gasteiger partial charge in [-0.05, 0) is 61.1 Å². The number of rotatable bonds is 8. The Balaban J connectivity index is 2.08. The third kappa shape index (κ3) is 6.99. The third-order valence-electron chi connectivity index (χ3n) is 4.33. The first kappa shape index (κ1) is 22.5. The largest absolute Gasteiger partial charge is 0.493 e. The van der Waals surface area contributed by atoms with E-state index in [0.717, 1.165) is 17.5 Å². The molecule has 0 amide bonds. The average molecular weight is 408 g/mol. The lowest BCUT2D eigenvalue weighted by Crippen LogP contribution is -2.41. The predicted molar refractivity (Wildman–Crippen MR) is 114 cm³/mol. The maximum absolute atomic E-state index is 13.0. The average Bonchev–Trinajstić information content (AvgIpc) is 2.58. The van der Waals surface area contributed by atoms with E-state index in [1.54, 1.807) is 19.2 Å². The molecule has 0 atom stereocenters. The first-order valence-electron chi connectivity index (χ1n) is 9.48. The van der Waals surface area contributed by atoms with Crippen molar-refractivity contribution in [2.24, 2.45) is 5.41 Å². The summed E-state index contributed by atoms with van der Waals surface area (Å²) < 4.78 is 24.4. The molecular formula is C23H31ClFNO2. The highest BCUT2D eigenvalue weighted by molar-refractivity contribution is 6.32.